The second-order valence-corrected chi connectivity index (χ2v) is 7.53. The van der Waals surface area contributed by atoms with Crippen molar-refractivity contribution in [2.24, 2.45) is 0 Å². The SMILES string of the molecule is O=C(CCCc1cccnc1)Nc1ccc2c(c1)CCCN2C(=O)c1ccccc1. The Labute approximate surface area is 176 Å². The molecule has 3 aromatic rings. The van der Waals surface area contributed by atoms with Crippen LogP contribution >= 0.6 is 0 Å². The lowest BCUT2D eigenvalue weighted by Crippen LogP contribution is -2.35. The Balaban J connectivity index is 1.38. The van der Waals surface area contributed by atoms with Crippen LogP contribution in [0.1, 0.15) is 40.7 Å². The van der Waals surface area contributed by atoms with Gasteiger partial charge in [-0.2, -0.15) is 0 Å². The van der Waals surface area contributed by atoms with Gasteiger partial charge in [0, 0.05) is 42.3 Å². The van der Waals surface area contributed by atoms with Crippen LogP contribution < -0.4 is 10.2 Å². The number of hydrogen-bond acceptors (Lipinski definition) is 3. The van der Waals surface area contributed by atoms with Crippen LogP contribution in [0.3, 0.4) is 0 Å². The van der Waals surface area contributed by atoms with E-state index in [4.69, 9.17) is 0 Å². The van der Waals surface area contributed by atoms with E-state index in [0.717, 1.165) is 48.2 Å². The number of anilines is 2. The second-order valence-electron chi connectivity index (χ2n) is 7.53. The molecule has 1 aromatic heterocycles. The van der Waals surface area contributed by atoms with Crippen LogP contribution in [0.4, 0.5) is 11.4 Å². The Morgan fingerprint density at radius 3 is 2.70 bits per heavy atom. The van der Waals surface area contributed by atoms with Gasteiger partial charge in [0.15, 0.2) is 0 Å². The second kappa shape index (κ2) is 9.35. The lowest BCUT2D eigenvalue weighted by molar-refractivity contribution is -0.116. The summed E-state index contributed by atoms with van der Waals surface area (Å²) in [5.74, 6) is 0.0237. The molecular weight excluding hydrogens is 374 g/mol. The molecule has 0 spiro atoms. The van der Waals surface area contributed by atoms with Crippen LogP contribution in [0.2, 0.25) is 0 Å². The van der Waals surface area contributed by atoms with Crippen molar-refractivity contribution in [3.05, 3.63) is 89.7 Å². The molecule has 5 heteroatoms. The zero-order valence-corrected chi connectivity index (χ0v) is 16.9. The number of hydrogen-bond donors (Lipinski definition) is 1. The molecule has 2 heterocycles. The topological polar surface area (TPSA) is 62.3 Å². The highest BCUT2D eigenvalue weighted by Crippen LogP contribution is 2.31. The lowest BCUT2D eigenvalue weighted by atomic mass is 10.00. The van der Waals surface area contributed by atoms with Crippen molar-refractivity contribution < 1.29 is 9.59 Å². The van der Waals surface area contributed by atoms with Crippen molar-refractivity contribution in [3.63, 3.8) is 0 Å². The number of nitrogens with zero attached hydrogens (tertiary/aromatic N) is 2. The highest BCUT2D eigenvalue weighted by molar-refractivity contribution is 6.07. The molecule has 1 aliphatic rings. The molecule has 1 N–H and O–H groups in total. The summed E-state index contributed by atoms with van der Waals surface area (Å²) in [6.45, 7) is 0.709. The maximum absolute atomic E-state index is 12.9. The molecular formula is C25H25N3O2. The first-order valence-electron chi connectivity index (χ1n) is 10.4. The summed E-state index contributed by atoms with van der Waals surface area (Å²) < 4.78 is 0. The standard InChI is InChI=1S/C25H25N3O2/c29-24(12-4-7-19-8-5-15-26-18-19)27-22-13-14-23-21(17-22)11-6-16-28(23)25(30)20-9-2-1-3-10-20/h1-3,5,8-10,13-15,17-18H,4,6-7,11-12,16H2,(H,27,29). The Kier molecular flexibility index (Phi) is 6.18. The zero-order valence-electron chi connectivity index (χ0n) is 16.9. The van der Waals surface area contributed by atoms with Gasteiger partial charge in [-0.15, -0.1) is 0 Å². The minimum Gasteiger partial charge on any atom is -0.326 e. The molecule has 0 fully saturated rings. The molecule has 2 aromatic carbocycles. The number of carbonyl (C=O) groups is 2. The molecule has 0 atom stereocenters. The minimum atomic E-state index is 0.00636. The number of amides is 2. The number of aromatic nitrogens is 1. The van der Waals surface area contributed by atoms with Crippen molar-refractivity contribution in [2.75, 3.05) is 16.8 Å². The molecule has 1 aliphatic heterocycles. The van der Waals surface area contributed by atoms with Crippen LogP contribution in [0.15, 0.2) is 73.1 Å². The molecule has 152 valence electrons. The smallest absolute Gasteiger partial charge is 0.258 e. The van der Waals surface area contributed by atoms with E-state index in [1.165, 1.54) is 0 Å². The Bertz CT molecular complexity index is 1020. The molecule has 0 radical (unpaired) electrons. The van der Waals surface area contributed by atoms with Crippen molar-refractivity contribution >= 4 is 23.2 Å². The first kappa shape index (κ1) is 19.8. The van der Waals surface area contributed by atoms with Gasteiger partial charge in [-0.05, 0) is 73.2 Å². The highest BCUT2D eigenvalue weighted by atomic mass is 16.2. The number of rotatable bonds is 6. The fourth-order valence-corrected chi connectivity index (χ4v) is 3.84. The number of carbonyl (C=O) groups excluding carboxylic acids is 2. The molecule has 4 rings (SSSR count). The molecule has 0 saturated heterocycles. The van der Waals surface area contributed by atoms with E-state index < -0.39 is 0 Å². The van der Waals surface area contributed by atoms with Crippen molar-refractivity contribution in [3.8, 4) is 0 Å². The first-order valence-corrected chi connectivity index (χ1v) is 10.4. The van der Waals surface area contributed by atoms with Gasteiger partial charge in [-0.3, -0.25) is 14.6 Å². The van der Waals surface area contributed by atoms with Gasteiger partial charge < -0.3 is 10.2 Å². The Hall–Kier alpha value is -3.47. The van der Waals surface area contributed by atoms with E-state index in [1.54, 1.807) is 6.20 Å². The van der Waals surface area contributed by atoms with Crippen molar-refractivity contribution in [1.82, 2.24) is 4.98 Å². The van der Waals surface area contributed by atoms with Gasteiger partial charge in [0.2, 0.25) is 5.91 Å². The van der Waals surface area contributed by atoms with Gasteiger partial charge in [0.1, 0.15) is 0 Å². The largest absolute Gasteiger partial charge is 0.326 e. The Morgan fingerprint density at radius 1 is 1.03 bits per heavy atom. The number of benzene rings is 2. The third-order valence-electron chi connectivity index (χ3n) is 5.34. The van der Waals surface area contributed by atoms with Crippen LogP contribution in [-0.4, -0.2) is 23.3 Å². The van der Waals surface area contributed by atoms with Gasteiger partial charge in [0.05, 0.1) is 0 Å². The maximum atomic E-state index is 12.9. The maximum Gasteiger partial charge on any atom is 0.258 e. The summed E-state index contributed by atoms with van der Waals surface area (Å²) in [5.41, 5.74) is 4.65. The van der Waals surface area contributed by atoms with Crippen LogP contribution in [0, 0.1) is 0 Å². The van der Waals surface area contributed by atoms with Crippen molar-refractivity contribution in [2.45, 2.75) is 32.1 Å². The lowest BCUT2D eigenvalue weighted by Gasteiger charge is -2.30. The van der Waals surface area contributed by atoms with Crippen LogP contribution in [-0.2, 0) is 17.6 Å². The number of nitrogens with one attached hydrogen (secondary N) is 1. The molecule has 2 amide bonds. The molecule has 0 saturated carbocycles. The highest BCUT2D eigenvalue weighted by Gasteiger charge is 2.23. The van der Waals surface area contributed by atoms with E-state index >= 15 is 0 Å². The summed E-state index contributed by atoms with van der Waals surface area (Å²) in [6, 6.07) is 19.1. The van der Waals surface area contributed by atoms with Gasteiger partial charge in [-0.1, -0.05) is 24.3 Å². The number of fused-ring (bicyclic) bond motifs is 1. The quantitative estimate of drug-likeness (QED) is 0.657. The van der Waals surface area contributed by atoms with Gasteiger partial charge in [0.25, 0.3) is 5.91 Å². The Morgan fingerprint density at radius 2 is 1.90 bits per heavy atom. The molecule has 0 aliphatic carbocycles. The molecule has 5 nitrogen and oxygen atoms in total. The molecule has 0 bridgehead atoms. The van der Waals surface area contributed by atoms with Crippen LogP contribution in [0.5, 0.6) is 0 Å². The third-order valence-corrected chi connectivity index (χ3v) is 5.34. The average Bonchev–Trinajstić information content (AvgIpc) is 2.79. The number of aryl methyl sites for hydroxylation is 2. The molecule has 0 unspecified atom stereocenters. The van der Waals surface area contributed by atoms with E-state index in [9.17, 15) is 9.59 Å². The van der Waals surface area contributed by atoms with E-state index in [-0.39, 0.29) is 11.8 Å². The fourth-order valence-electron chi connectivity index (χ4n) is 3.84. The average molecular weight is 399 g/mol. The van der Waals surface area contributed by atoms with Crippen LogP contribution in [0.25, 0.3) is 0 Å². The van der Waals surface area contributed by atoms with Gasteiger partial charge >= 0.3 is 0 Å². The summed E-state index contributed by atoms with van der Waals surface area (Å²) in [5, 5.41) is 3.00. The van der Waals surface area contributed by atoms with Crippen molar-refractivity contribution in [1.29, 1.82) is 0 Å². The predicted molar refractivity (Wildman–Crippen MR) is 119 cm³/mol. The fraction of sp³-hybridized carbons (Fsp3) is 0.240. The summed E-state index contributed by atoms with van der Waals surface area (Å²) in [4.78, 5) is 31.2. The van der Waals surface area contributed by atoms with Gasteiger partial charge in [-0.25, -0.2) is 0 Å². The first-order chi connectivity index (χ1) is 14.7. The monoisotopic (exact) mass is 399 g/mol. The summed E-state index contributed by atoms with van der Waals surface area (Å²) in [6.07, 6.45) is 7.48. The summed E-state index contributed by atoms with van der Waals surface area (Å²) in [7, 11) is 0. The normalized spacial score (nSPS) is 12.9. The predicted octanol–water partition coefficient (Wildman–Crippen LogP) is 4.64. The zero-order chi connectivity index (χ0) is 20.8. The summed E-state index contributed by atoms with van der Waals surface area (Å²) >= 11 is 0. The van der Waals surface area contributed by atoms with E-state index in [0.29, 0.717) is 18.5 Å². The van der Waals surface area contributed by atoms with E-state index in [1.807, 2.05) is 71.8 Å². The van der Waals surface area contributed by atoms with E-state index in [2.05, 4.69) is 10.3 Å². The minimum absolute atomic E-state index is 0.00636. The third kappa shape index (κ3) is 4.74. The molecule has 30 heavy (non-hydrogen) atoms. The number of pyridine rings is 1.